The monoisotopic (exact) mass is 261 g/mol. The van der Waals surface area contributed by atoms with Crippen LogP contribution in [0, 0.1) is 5.92 Å². The number of hydrogen-bond donors (Lipinski definition) is 1. The first kappa shape index (κ1) is 13.3. The summed E-state index contributed by atoms with van der Waals surface area (Å²) in [5.41, 5.74) is 0. The van der Waals surface area contributed by atoms with Gasteiger partial charge in [0, 0.05) is 38.8 Å². The molecule has 2 fully saturated rings. The predicted molar refractivity (Wildman–Crippen MR) is 68.4 cm³/mol. The molecule has 2 rings (SSSR count). The van der Waals surface area contributed by atoms with Gasteiger partial charge < -0.3 is 10.2 Å². The molecule has 0 saturated carbocycles. The first-order chi connectivity index (χ1) is 7.97. The van der Waals surface area contributed by atoms with Crippen molar-refractivity contribution in [3.05, 3.63) is 0 Å². The number of sulfonamides is 1. The number of nitrogens with zero attached hydrogens (tertiary/aromatic N) is 2. The minimum absolute atomic E-state index is 0.600. The highest BCUT2D eigenvalue weighted by molar-refractivity contribution is 7.88. The van der Waals surface area contributed by atoms with Crippen molar-refractivity contribution >= 4 is 10.0 Å². The molecule has 17 heavy (non-hydrogen) atoms. The Morgan fingerprint density at radius 3 is 2.35 bits per heavy atom. The SMILES string of the molecule is CC1NCCC1CN1CCN(S(C)(=O)=O)CC1. The van der Waals surface area contributed by atoms with E-state index in [2.05, 4.69) is 17.1 Å². The molecule has 2 unspecified atom stereocenters. The van der Waals surface area contributed by atoms with E-state index in [-0.39, 0.29) is 0 Å². The molecule has 2 atom stereocenters. The van der Waals surface area contributed by atoms with Crippen LogP contribution in [0.2, 0.25) is 0 Å². The lowest BCUT2D eigenvalue weighted by molar-refractivity contribution is 0.161. The van der Waals surface area contributed by atoms with Crippen molar-refractivity contribution in [2.75, 3.05) is 45.5 Å². The lowest BCUT2D eigenvalue weighted by atomic mass is 10.0. The fourth-order valence-corrected chi connectivity index (χ4v) is 3.56. The summed E-state index contributed by atoms with van der Waals surface area (Å²) in [4.78, 5) is 2.40. The summed E-state index contributed by atoms with van der Waals surface area (Å²) in [5.74, 6) is 0.722. The Kier molecular flexibility index (Phi) is 4.07. The average molecular weight is 261 g/mol. The zero-order valence-electron chi connectivity index (χ0n) is 10.7. The average Bonchev–Trinajstić information content (AvgIpc) is 2.64. The molecule has 0 bridgehead atoms. The van der Waals surface area contributed by atoms with Gasteiger partial charge in [0.15, 0.2) is 0 Å². The number of piperazine rings is 1. The van der Waals surface area contributed by atoms with Crippen LogP contribution < -0.4 is 5.32 Å². The van der Waals surface area contributed by atoms with E-state index >= 15 is 0 Å². The molecule has 6 heteroatoms. The zero-order valence-corrected chi connectivity index (χ0v) is 11.5. The second-order valence-corrected chi connectivity index (χ2v) is 7.24. The van der Waals surface area contributed by atoms with Crippen LogP contribution in [0.25, 0.3) is 0 Å². The van der Waals surface area contributed by atoms with Crippen LogP contribution in [-0.4, -0.2) is 69.2 Å². The van der Waals surface area contributed by atoms with Crippen molar-refractivity contribution in [1.29, 1.82) is 0 Å². The molecular formula is C11H23N3O2S. The highest BCUT2D eigenvalue weighted by atomic mass is 32.2. The van der Waals surface area contributed by atoms with Gasteiger partial charge in [0.25, 0.3) is 0 Å². The van der Waals surface area contributed by atoms with E-state index in [1.165, 1.54) is 12.7 Å². The minimum Gasteiger partial charge on any atom is -0.314 e. The Balaban J connectivity index is 1.79. The molecule has 0 radical (unpaired) electrons. The van der Waals surface area contributed by atoms with Gasteiger partial charge in [-0.1, -0.05) is 0 Å². The second kappa shape index (κ2) is 5.22. The van der Waals surface area contributed by atoms with Gasteiger partial charge >= 0.3 is 0 Å². The molecule has 5 nitrogen and oxygen atoms in total. The Morgan fingerprint density at radius 2 is 1.88 bits per heavy atom. The highest BCUT2D eigenvalue weighted by Gasteiger charge is 2.28. The smallest absolute Gasteiger partial charge is 0.211 e. The lowest BCUT2D eigenvalue weighted by Gasteiger charge is -2.35. The van der Waals surface area contributed by atoms with Crippen LogP contribution in [-0.2, 0) is 10.0 Å². The molecule has 2 saturated heterocycles. The van der Waals surface area contributed by atoms with Gasteiger partial charge in [0.05, 0.1) is 6.26 Å². The van der Waals surface area contributed by atoms with Crippen LogP contribution in [0.5, 0.6) is 0 Å². The molecule has 2 heterocycles. The zero-order chi connectivity index (χ0) is 12.5. The normalized spacial score (nSPS) is 33.1. The third-order valence-corrected chi connectivity index (χ3v) is 5.28. The van der Waals surface area contributed by atoms with Crippen LogP contribution in [0.15, 0.2) is 0 Å². The van der Waals surface area contributed by atoms with Gasteiger partial charge in [-0.15, -0.1) is 0 Å². The standard InChI is InChI=1S/C11H23N3O2S/c1-10-11(3-4-12-10)9-13-5-7-14(8-6-13)17(2,15)16/h10-12H,3-9H2,1-2H3. The van der Waals surface area contributed by atoms with E-state index in [0.717, 1.165) is 32.1 Å². The summed E-state index contributed by atoms with van der Waals surface area (Å²) in [5, 5.41) is 3.46. The maximum Gasteiger partial charge on any atom is 0.211 e. The van der Waals surface area contributed by atoms with Crippen LogP contribution in [0.3, 0.4) is 0 Å². The first-order valence-electron chi connectivity index (χ1n) is 6.37. The van der Waals surface area contributed by atoms with Crippen LogP contribution in [0.4, 0.5) is 0 Å². The largest absolute Gasteiger partial charge is 0.314 e. The number of nitrogens with one attached hydrogen (secondary N) is 1. The van der Waals surface area contributed by atoms with Crippen molar-refractivity contribution in [3.8, 4) is 0 Å². The van der Waals surface area contributed by atoms with E-state index in [4.69, 9.17) is 0 Å². The third-order valence-electron chi connectivity index (χ3n) is 3.98. The van der Waals surface area contributed by atoms with Gasteiger partial charge in [-0.2, -0.15) is 4.31 Å². The van der Waals surface area contributed by atoms with Gasteiger partial charge in [0.1, 0.15) is 0 Å². The van der Waals surface area contributed by atoms with E-state index in [1.54, 1.807) is 4.31 Å². The molecule has 1 N–H and O–H groups in total. The Labute approximate surface area is 104 Å². The lowest BCUT2D eigenvalue weighted by Crippen LogP contribution is -2.50. The molecule has 0 aromatic rings. The van der Waals surface area contributed by atoms with Crippen LogP contribution in [0.1, 0.15) is 13.3 Å². The van der Waals surface area contributed by atoms with Gasteiger partial charge in [0.2, 0.25) is 10.0 Å². The Morgan fingerprint density at radius 1 is 1.24 bits per heavy atom. The summed E-state index contributed by atoms with van der Waals surface area (Å²) in [6, 6.07) is 0.600. The van der Waals surface area contributed by atoms with E-state index in [9.17, 15) is 8.42 Å². The van der Waals surface area contributed by atoms with Crippen LogP contribution >= 0.6 is 0 Å². The fourth-order valence-electron chi connectivity index (χ4n) is 2.74. The summed E-state index contributed by atoms with van der Waals surface area (Å²) < 4.78 is 24.4. The topological polar surface area (TPSA) is 52.6 Å². The summed E-state index contributed by atoms with van der Waals surface area (Å²) in [6.45, 7) is 7.50. The molecule has 100 valence electrons. The van der Waals surface area contributed by atoms with E-state index in [1.807, 2.05) is 0 Å². The molecule has 0 spiro atoms. The molecule has 0 aromatic heterocycles. The molecule has 2 aliphatic rings. The fraction of sp³-hybridized carbons (Fsp3) is 1.00. The minimum atomic E-state index is -2.99. The van der Waals surface area contributed by atoms with Gasteiger partial charge in [-0.25, -0.2) is 8.42 Å². The first-order valence-corrected chi connectivity index (χ1v) is 8.22. The van der Waals surface area contributed by atoms with Gasteiger partial charge in [-0.3, -0.25) is 0 Å². The van der Waals surface area contributed by atoms with Crippen molar-refractivity contribution in [2.24, 2.45) is 5.92 Å². The predicted octanol–water partition coefficient (Wildman–Crippen LogP) is -0.438. The van der Waals surface area contributed by atoms with Crippen molar-refractivity contribution in [1.82, 2.24) is 14.5 Å². The third kappa shape index (κ3) is 3.40. The molecule has 2 aliphatic heterocycles. The molecule has 0 aromatic carbocycles. The number of rotatable bonds is 3. The maximum atomic E-state index is 11.4. The Hall–Kier alpha value is -0.170. The van der Waals surface area contributed by atoms with Crippen molar-refractivity contribution < 1.29 is 8.42 Å². The maximum absolute atomic E-state index is 11.4. The summed E-state index contributed by atoms with van der Waals surface area (Å²) >= 11 is 0. The molecular weight excluding hydrogens is 238 g/mol. The highest BCUT2D eigenvalue weighted by Crippen LogP contribution is 2.17. The van der Waals surface area contributed by atoms with Gasteiger partial charge in [-0.05, 0) is 25.8 Å². The summed E-state index contributed by atoms with van der Waals surface area (Å²) in [7, 11) is -2.99. The Bertz CT molecular complexity index is 350. The molecule has 0 amide bonds. The second-order valence-electron chi connectivity index (χ2n) is 5.25. The van der Waals surface area contributed by atoms with E-state index < -0.39 is 10.0 Å². The van der Waals surface area contributed by atoms with E-state index in [0.29, 0.717) is 19.1 Å². The summed E-state index contributed by atoms with van der Waals surface area (Å²) in [6.07, 6.45) is 2.54. The van der Waals surface area contributed by atoms with Crippen molar-refractivity contribution in [2.45, 2.75) is 19.4 Å². The quantitative estimate of drug-likeness (QED) is 0.748. The number of hydrogen-bond acceptors (Lipinski definition) is 4. The van der Waals surface area contributed by atoms with Crippen molar-refractivity contribution in [3.63, 3.8) is 0 Å². The molecule has 0 aliphatic carbocycles.